The largest absolute Gasteiger partial charge is 0.454 e. The maximum atomic E-state index is 12.1. The molecular weight excluding hydrogens is 288 g/mol. The predicted molar refractivity (Wildman–Crippen MR) is 80.3 cm³/mol. The molecule has 0 unspecified atom stereocenters. The van der Waals surface area contributed by atoms with Gasteiger partial charge in [0.2, 0.25) is 6.79 Å². The van der Waals surface area contributed by atoms with Gasteiger partial charge in [0, 0.05) is 11.3 Å². The second-order valence-corrected chi connectivity index (χ2v) is 6.19. The summed E-state index contributed by atoms with van der Waals surface area (Å²) in [6, 6.07) is 7.63. The zero-order valence-electron chi connectivity index (χ0n) is 11.3. The number of nitrogens with one attached hydrogen (secondary N) is 1. The van der Waals surface area contributed by atoms with Crippen LogP contribution in [0.4, 0.5) is 0 Å². The van der Waals surface area contributed by atoms with E-state index in [9.17, 15) is 4.79 Å². The molecule has 1 aliphatic heterocycles. The topological polar surface area (TPSA) is 64.2 Å². The zero-order chi connectivity index (χ0) is 14.4. The molecule has 21 heavy (non-hydrogen) atoms. The Hall–Kier alpha value is -2.34. The number of nitrogens with zero attached hydrogens (tertiary/aromatic N) is 1. The van der Waals surface area contributed by atoms with E-state index in [1.54, 1.807) is 0 Å². The van der Waals surface area contributed by atoms with Crippen molar-refractivity contribution in [3.63, 3.8) is 0 Å². The molecule has 1 N–H and O–H groups in total. The van der Waals surface area contributed by atoms with E-state index in [0.717, 1.165) is 26.8 Å². The minimum absolute atomic E-state index is 0.0832. The van der Waals surface area contributed by atoms with Crippen molar-refractivity contribution in [2.75, 3.05) is 6.79 Å². The molecule has 0 saturated heterocycles. The van der Waals surface area contributed by atoms with Crippen molar-refractivity contribution in [2.45, 2.75) is 13.3 Å². The maximum absolute atomic E-state index is 12.1. The van der Waals surface area contributed by atoms with E-state index in [1.165, 1.54) is 11.3 Å². The Morgan fingerprint density at radius 3 is 3.05 bits per heavy atom. The van der Waals surface area contributed by atoms with Crippen LogP contribution < -0.4 is 15.0 Å². The van der Waals surface area contributed by atoms with Crippen LogP contribution in [0.1, 0.15) is 16.3 Å². The van der Waals surface area contributed by atoms with Gasteiger partial charge < -0.3 is 14.5 Å². The molecular formula is C15H12N2O3S. The minimum Gasteiger partial charge on any atom is -0.454 e. The fourth-order valence-electron chi connectivity index (χ4n) is 2.42. The molecule has 0 aliphatic carbocycles. The molecule has 1 aliphatic rings. The lowest BCUT2D eigenvalue weighted by atomic mass is 10.1. The van der Waals surface area contributed by atoms with Crippen molar-refractivity contribution in [1.82, 2.24) is 9.97 Å². The normalized spacial score (nSPS) is 13.0. The molecule has 0 radical (unpaired) electrons. The summed E-state index contributed by atoms with van der Waals surface area (Å²) in [4.78, 5) is 21.3. The van der Waals surface area contributed by atoms with Crippen LogP contribution in [0.3, 0.4) is 0 Å². The highest BCUT2D eigenvalue weighted by Crippen LogP contribution is 2.33. The van der Waals surface area contributed by atoms with Gasteiger partial charge in [-0.1, -0.05) is 6.07 Å². The number of aromatic nitrogens is 2. The lowest BCUT2D eigenvalue weighted by molar-refractivity contribution is 0.174. The Morgan fingerprint density at radius 2 is 2.14 bits per heavy atom. The highest BCUT2D eigenvalue weighted by molar-refractivity contribution is 7.18. The first kappa shape index (κ1) is 12.4. The number of thiophene rings is 1. The summed E-state index contributed by atoms with van der Waals surface area (Å²) in [6.45, 7) is 2.23. The van der Waals surface area contributed by atoms with Crippen LogP contribution in [0, 0.1) is 6.92 Å². The molecule has 6 heteroatoms. The van der Waals surface area contributed by atoms with E-state index in [4.69, 9.17) is 9.47 Å². The molecule has 0 saturated carbocycles. The van der Waals surface area contributed by atoms with Crippen LogP contribution >= 0.6 is 11.3 Å². The zero-order valence-corrected chi connectivity index (χ0v) is 12.1. The Labute approximate surface area is 124 Å². The molecule has 1 aromatic carbocycles. The molecule has 0 atom stereocenters. The summed E-state index contributed by atoms with van der Waals surface area (Å²) in [6.07, 6.45) is 0.554. The number of hydrogen-bond donors (Lipinski definition) is 1. The lowest BCUT2D eigenvalue weighted by Gasteiger charge is -2.03. The molecule has 3 heterocycles. The number of hydrogen-bond acceptors (Lipinski definition) is 5. The summed E-state index contributed by atoms with van der Waals surface area (Å²) in [5, 5.41) is 0.659. The van der Waals surface area contributed by atoms with E-state index in [2.05, 4.69) is 9.97 Å². The fraction of sp³-hybridized carbons (Fsp3) is 0.200. The second-order valence-electron chi connectivity index (χ2n) is 4.95. The molecule has 0 fully saturated rings. The molecule has 0 amide bonds. The first-order valence-electron chi connectivity index (χ1n) is 6.57. The number of rotatable bonds is 2. The van der Waals surface area contributed by atoms with Gasteiger partial charge in [0.15, 0.2) is 11.5 Å². The third-order valence-corrected chi connectivity index (χ3v) is 4.33. The van der Waals surface area contributed by atoms with E-state index in [-0.39, 0.29) is 12.4 Å². The first-order valence-corrected chi connectivity index (χ1v) is 7.38. The van der Waals surface area contributed by atoms with Gasteiger partial charge in [0.25, 0.3) is 5.56 Å². The van der Waals surface area contributed by atoms with Gasteiger partial charge in [-0.25, -0.2) is 4.98 Å². The SMILES string of the molecule is Cc1cc2c(=O)[nH]c(Cc3ccc4c(c3)OCO4)nc2s1. The van der Waals surface area contributed by atoms with Crippen molar-refractivity contribution in [2.24, 2.45) is 0 Å². The fourth-order valence-corrected chi connectivity index (χ4v) is 3.32. The van der Waals surface area contributed by atoms with Crippen molar-refractivity contribution in [3.8, 4) is 11.5 Å². The van der Waals surface area contributed by atoms with Gasteiger partial charge in [-0.05, 0) is 30.7 Å². The van der Waals surface area contributed by atoms with Crippen LogP contribution in [0.15, 0.2) is 29.1 Å². The van der Waals surface area contributed by atoms with Crippen LogP contribution in [0.2, 0.25) is 0 Å². The Morgan fingerprint density at radius 1 is 1.29 bits per heavy atom. The van der Waals surface area contributed by atoms with Crippen molar-refractivity contribution >= 4 is 21.6 Å². The Kier molecular flexibility index (Phi) is 2.71. The Balaban J connectivity index is 1.72. The minimum atomic E-state index is -0.0832. The van der Waals surface area contributed by atoms with Crippen LogP contribution in [0.5, 0.6) is 11.5 Å². The van der Waals surface area contributed by atoms with Gasteiger partial charge in [0.1, 0.15) is 10.7 Å². The van der Waals surface area contributed by atoms with Gasteiger partial charge >= 0.3 is 0 Å². The number of H-pyrrole nitrogens is 1. The lowest BCUT2D eigenvalue weighted by Crippen LogP contribution is -2.10. The van der Waals surface area contributed by atoms with E-state index in [0.29, 0.717) is 17.6 Å². The molecule has 106 valence electrons. The molecule has 4 rings (SSSR count). The molecule has 3 aromatic rings. The molecule has 0 bridgehead atoms. The van der Waals surface area contributed by atoms with E-state index >= 15 is 0 Å². The van der Waals surface area contributed by atoms with Gasteiger partial charge in [-0.3, -0.25) is 4.79 Å². The standard InChI is InChI=1S/C15H12N2O3S/c1-8-4-10-14(18)16-13(17-15(10)21-8)6-9-2-3-11-12(5-9)20-7-19-11/h2-5H,6-7H2,1H3,(H,16,17,18). The third kappa shape index (κ3) is 2.17. The Bertz CT molecular complexity index is 898. The number of fused-ring (bicyclic) bond motifs is 2. The third-order valence-electron chi connectivity index (χ3n) is 3.38. The molecule has 0 spiro atoms. The summed E-state index contributed by atoms with van der Waals surface area (Å²) in [5.74, 6) is 2.15. The van der Waals surface area contributed by atoms with Gasteiger partial charge in [-0.2, -0.15) is 0 Å². The number of benzene rings is 1. The monoisotopic (exact) mass is 300 g/mol. The van der Waals surface area contributed by atoms with Gasteiger partial charge in [-0.15, -0.1) is 11.3 Å². The van der Waals surface area contributed by atoms with E-state index in [1.807, 2.05) is 31.2 Å². The van der Waals surface area contributed by atoms with Crippen molar-refractivity contribution < 1.29 is 9.47 Å². The summed E-state index contributed by atoms with van der Waals surface area (Å²) in [5.41, 5.74) is 0.940. The summed E-state index contributed by atoms with van der Waals surface area (Å²) < 4.78 is 10.7. The summed E-state index contributed by atoms with van der Waals surface area (Å²) in [7, 11) is 0. The van der Waals surface area contributed by atoms with Crippen LogP contribution in [-0.2, 0) is 6.42 Å². The van der Waals surface area contributed by atoms with Crippen molar-refractivity contribution in [3.05, 3.63) is 50.9 Å². The average molecular weight is 300 g/mol. The van der Waals surface area contributed by atoms with E-state index < -0.39 is 0 Å². The highest BCUT2D eigenvalue weighted by atomic mass is 32.1. The highest BCUT2D eigenvalue weighted by Gasteiger charge is 2.14. The number of ether oxygens (including phenoxy) is 2. The summed E-state index contributed by atoms with van der Waals surface area (Å²) >= 11 is 1.54. The van der Waals surface area contributed by atoms with Crippen LogP contribution in [0.25, 0.3) is 10.2 Å². The first-order chi connectivity index (χ1) is 10.2. The van der Waals surface area contributed by atoms with Crippen molar-refractivity contribution in [1.29, 1.82) is 0 Å². The molecule has 2 aromatic heterocycles. The smallest absolute Gasteiger partial charge is 0.259 e. The maximum Gasteiger partial charge on any atom is 0.259 e. The number of aryl methyl sites for hydroxylation is 1. The quantitative estimate of drug-likeness (QED) is 0.790. The predicted octanol–water partition coefficient (Wildman–Crippen LogP) is 2.61. The van der Waals surface area contributed by atoms with Crippen LogP contribution in [-0.4, -0.2) is 16.8 Å². The number of aromatic amines is 1. The second kappa shape index (κ2) is 4.60. The van der Waals surface area contributed by atoms with Gasteiger partial charge in [0.05, 0.1) is 5.39 Å². The average Bonchev–Trinajstić information content (AvgIpc) is 3.04. The molecule has 5 nitrogen and oxygen atoms in total.